The first kappa shape index (κ1) is 19.2. The van der Waals surface area contributed by atoms with Gasteiger partial charge in [-0.2, -0.15) is 13.2 Å². The molecule has 1 saturated heterocycles. The monoisotopic (exact) mass is 326 g/mol. The number of halogens is 3. The number of amides is 1. The van der Waals surface area contributed by atoms with Crippen molar-refractivity contribution in [2.45, 2.75) is 45.5 Å². The molecule has 2 atom stereocenters. The summed E-state index contributed by atoms with van der Waals surface area (Å²) in [6.07, 6.45) is -3.83. The topological polar surface area (TPSA) is 61.8 Å². The third-order valence-electron chi connectivity index (χ3n) is 3.35. The van der Waals surface area contributed by atoms with Crippen molar-refractivity contribution in [1.82, 2.24) is 10.2 Å². The third kappa shape index (κ3) is 6.93. The van der Waals surface area contributed by atoms with Crippen molar-refractivity contribution >= 4 is 5.91 Å². The standard InChI is InChI=1S/C14H25F3N2O3/c1-13(2,3)6-10(7-20)18-12(21)11-8-22-5-4-19(11)9-14(15,16)17/h10-11,20H,4-9H2,1-3H3,(H,18,21)/t10-,11-/m1/s1. The van der Waals surface area contributed by atoms with E-state index in [1.165, 1.54) is 0 Å². The molecule has 0 radical (unpaired) electrons. The Morgan fingerprint density at radius 1 is 1.41 bits per heavy atom. The Morgan fingerprint density at radius 3 is 2.55 bits per heavy atom. The van der Waals surface area contributed by atoms with Gasteiger partial charge in [-0.1, -0.05) is 20.8 Å². The van der Waals surface area contributed by atoms with Gasteiger partial charge in [0.2, 0.25) is 5.91 Å². The Hall–Kier alpha value is -0.860. The Morgan fingerprint density at radius 2 is 2.05 bits per heavy atom. The number of carbonyl (C=O) groups is 1. The molecular formula is C14H25F3N2O3. The number of rotatable bonds is 5. The molecule has 0 aromatic rings. The number of carbonyl (C=O) groups excluding carboxylic acids is 1. The Labute approximate surface area is 128 Å². The lowest BCUT2D eigenvalue weighted by molar-refractivity contribution is -0.167. The smallest absolute Gasteiger partial charge is 0.394 e. The summed E-state index contributed by atoms with van der Waals surface area (Å²) in [6.45, 7) is 4.64. The van der Waals surface area contributed by atoms with E-state index in [-0.39, 0.29) is 31.8 Å². The van der Waals surface area contributed by atoms with Crippen LogP contribution in [0.2, 0.25) is 0 Å². The zero-order valence-electron chi connectivity index (χ0n) is 13.2. The lowest BCUT2D eigenvalue weighted by Crippen LogP contribution is -2.58. The lowest BCUT2D eigenvalue weighted by Gasteiger charge is -2.36. The molecule has 2 N–H and O–H groups in total. The van der Waals surface area contributed by atoms with E-state index in [2.05, 4.69) is 5.32 Å². The first-order valence-corrected chi connectivity index (χ1v) is 7.31. The third-order valence-corrected chi connectivity index (χ3v) is 3.35. The highest BCUT2D eigenvalue weighted by Gasteiger charge is 2.38. The fourth-order valence-corrected chi connectivity index (χ4v) is 2.50. The molecule has 8 heteroatoms. The van der Waals surface area contributed by atoms with Gasteiger partial charge in [0.1, 0.15) is 6.04 Å². The van der Waals surface area contributed by atoms with Crippen molar-refractivity contribution in [1.29, 1.82) is 0 Å². The van der Waals surface area contributed by atoms with E-state index < -0.39 is 30.7 Å². The van der Waals surface area contributed by atoms with Gasteiger partial charge in [-0.05, 0) is 11.8 Å². The molecule has 1 amide bonds. The molecule has 0 aromatic carbocycles. The van der Waals surface area contributed by atoms with Gasteiger partial charge in [-0.25, -0.2) is 0 Å². The first-order valence-electron chi connectivity index (χ1n) is 7.31. The van der Waals surface area contributed by atoms with E-state index in [0.717, 1.165) is 4.90 Å². The summed E-state index contributed by atoms with van der Waals surface area (Å²) in [5, 5.41) is 12.0. The Bertz CT molecular complexity index is 369. The largest absolute Gasteiger partial charge is 0.401 e. The highest BCUT2D eigenvalue weighted by Crippen LogP contribution is 2.22. The summed E-state index contributed by atoms with van der Waals surface area (Å²) in [7, 11) is 0. The van der Waals surface area contributed by atoms with Crippen molar-refractivity contribution in [3.05, 3.63) is 0 Å². The number of morpholine rings is 1. The van der Waals surface area contributed by atoms with Crippen LogP contribution in [0.4, 0.5) is 13.2 Å². The number of nitrogens with zero attached hydrogens (tertiary/aromatic N) is 1. The number of hydrogen-bond acceptors (Lipinski definition) is 4. The van der Waals surface area contributed by atoms with Gasteiger partial charge in [-0.15, -0.1) is 0 Å². The zero-order valence-corrected chi connectivity index (χ0v) is 13.2. The Kier molecular flexibility index (Phi) is 6.64. The van der Waals surface area contributed by atoms with Gasteiger partial charge in [0.05, 0.1) is 32.4 Å². The molecule has 0 aliphatic carbocycles. The van der Waals surface area contributed by atoms with Crippen LogP contribution in [0.25, 0.3) is 0 Å². The predicted molar refractivity (Wildman–Crippen MR) is 75.3 cm³/mol. The fourth-order valence-electron chi connectivity index (χ4n) is 2.50. The van der Waals surface area contributed by atoms with Crippen LogP contribution in [0.5, 0.6) is 0 Å². The summed E-state index contributed by atoms with van der Waals surface area (Å²) >= 11 is 0. The van der Waals surface area contributed by atoms with E-state index in [9.17, 15) is 23.1 Å². The van der Waals surface area contributed by atoms with Crippen LogP contribution in [0.1, 0.15) is 27.2 Å². The first-order chi connectivity index (χ1) is 10.0. The van der Waals surface area contributed by atoms with Crippen molar-refractivity contribution in [3.63, 3.8) is 0 Å². The fraction of sp³-hybridized carbons (Fsp3) is 0.929. The molecule has 5 nitrogen and oxygen atoms in total. The number of aliphatic hydroxyl groups excluding tert-OH is 1. The van der Waals surface area contributed by atoms with Crippen LogP contribution in [0, 0.1) is 5.41 Å². The quantitative estimate of drug-likeness (QED) is 0.796. The van der Waals surface area contributed by atoms with Gasteiger partial charge >= 0.3 is 6.18 Å². The predicted octanol–water partition coefficient (Wildman–Crippen LogP) is 1.16. The zero-order chi connectivity index (χ0) is 17.0. The van der Waals surface area contributed by atoms with E-state index in [0.29, 0.717) is 6.42 Å². The molecule has 0 saturated carbocycles. The van der Waals surface area contributed by atoms with Gasteiger partial charge < -0.3 is 15.2 Å². The average molecular weight is 326 g/mol. The van der Waals surface area contributed by atoms with Crippen molar-refractivity contribution in [2.75, 3.05) is 32.9 Å². The molecular weight excluding hydrogens is 301 g/mol. The van der Waals surface area contributed by atoms with Crippen LogP contribution >= 0.6 is 0 Å². The Balaban J connectivity index is 2.67. The van der Waals surface area contributed by atoms with Crippen LogP contribution in [0.15, 0.2) is 0 Å². The van der Waals surface area contributed by atoms with Crippen LogP contribution in [-0.2, 0) is 9.53 Å². The van der Waals surface area contributed by atoms with Gasteiger partial charge in [-0.3, -0.25) is 9.69 Å². The number of ether oxygens (including phenoxy) is 1. The number of alkyl halides is 3. The number of nitrogens with one attached hydrogen (secondary N) is 1. The second kappa shape index (κ2) is 7.61. The second-order valence-corrected chi connectivity index (χ2v) is 6.83. The maximum absolute atomic E-state index is 12.6. The van der Waals surface area contributed by atoms with Gasteiger partial charge in [0.15, 0.2) is 0 Å². The molecule has 1 fully saturated rings. The molecule has 1 aliphatic heterocycles. The maximum atomic E-state index is 12.6. The van der Waals surface area contributed by atoms with Crippen molar-refractivity contribution in [2.24, 2.45) is 5.41 Å². The summed E-state index contributed by atoms with van der Waals surface area (Å²) in [5.41, 5.74) is -0.116. The molecule has 1 heterocycles. The highest BCUT2D eigenvalue weighted by molar-refractivity contribution is 5.82. The minimum Gasteiger partial charge on any atom is -0.394 e. The van der Waals surface area contributed by atoms with Gasteiger partial charge in [0, 0.05) is 6.54 Å². The molecule has 1 rings (SSSR count). The van der Waals surface area contributed by atoms with E-state index >= 15 is 0 Å². The minimum absolute atomic E-state index is 0.0562. The normalized spacial score (nSPS) is 22.4. The summed E-state index contributed by atoms with van der Waals surface area (Å²) in [5.74, 6) is -0.535. The SMILES string of the molecule is CC(C)(C)C[C@H](CO)NC(=O)[C@H]1COCCN1CC(F)(F)F. The van der Waals surface area contributed by atoms with Crippen LogP contribution in [0.3, 0.4) is 0 Å². The van der Waals surface area contributed by atoms with E-state index in [1.54, 1.807) is 0 Å². The van der Waals surface area contributed by atoms with E-state index in [4.69, 9.17) is 4.74 Å². The molecule has 0 spiro atoms. The average Bonchev–Trinajstić information content (AvgIpc) is 2.34. The molecule has 0 unspecified atom stereocenters. The minimum atomic E-state index is -4.36. The second-order valence-electron chi connectivity index (χ2n) is 6.83. The summed E-state index contributed by atoms with van der Waals surface area (Å²) in [6, 6.07) is -1.47. The van der Waals surface area contributed by atoms with Crippen LogP contribution in [-0.4, -0.2) is 67.1 Å². The molecule has 0 bridgehead atoms. The lowest BCUT2D eigenvalue weighted by atomic mass is 9.88. The van der Waals surface area contributed by atoms with Gasteiger partial charge in [0.25, 0.3) is 0 Å². The maximum Gasteiger partial charge on any atom is 0.401 e. The van der Waals surface area contributed by atoms with Crippen molar-refractivity contribution in [3.8, 4) is 0 Å². The highest BCUT2D eigenvalue weighted by atomic mass is 19.4. The van der Waals surface area contributed by atoms with Crippen LogP contribution < -0.4 is 5.32 Å². The number of hydrogen-bond donors (Lipinski definition) is 2. The van der Waals surface area contributed by atoms with Crippen molar-refractivity contribution < 1.29 is 27.8 Å². The summed E-state index contributed by atoms with van der Waals surface area (Å²) < 4.78 is 42.9. The summed E-state index contributed by atoms with van der Waals surface area (Å²) in [4.78, 5) is 13.3. The molecule has 22 heavy (non-hydrogen) atoms. The number of aliphatic hydroxyl groups is 1. The molecule has 0 aromatic heterocycles. The molecule has 1 aliphatic rings. The van der Waals surface area contributed by atoms with E-state index in [1.807, 2.05) is 20.8 Å². The molecule has 130 valence electrons.